The highest BCUT2D eigenvalue weighted by Gasteiger charge is 2.43. The molecule has 1 aliphatic heterocycles. The molecule has 3 rings (SSSR count). The minimum absolute atomic E-state index is 0.175. The van der Waals surface area contributed by atoms with Gasteiger partial charge in [-0.1, -0.05) is 31.5 Å². The van der Waals surface area contributed by atoms with Crippen LogP contribution in [0.3, 0.4) is 0 Å². The third kappa shape index (κ3) is 4.94. The summed E-state index contributed by atoms with van der Waals surface area (Å²) in [6.45, 7) is 1.90. The second-order valence-electron chi connectivity index (χ2n) is 7.00. The summed E-state index contributed by atoms with van der Waals surface area (Å²) in [6, 6.07) is 9.02. The van der Waals surface area contributed by atoms with Crippen LogP contribution in [0.1, 0.15) is 36.4 Å². The molecule has 166 valence electrons. The molecule has 5 atom stereocenters. The summed E-state index contributed by atoms with van der Waals surface area (Å²) in [5, 5.41) is 10.7. The van der Waals surface area contributed by atoms with Crippen molar-refractivity contribution in [2.45, 2.75) is 38.2 Å². The summed E-state index contributed by atoms with van der Waals surface area (Å²) in [6.07, 6.45) is 1.73. The Kier molecular flexibility index (Phi) is 7.40. The van der Waals surface area contributed by atoms with Gasteiger partial charge in [0.2, 0.25) is 0 Å². The minimum Gasteiger partial charge on any atom is -0.435 e. The van der Waals surface area contributed by atoms with Gasteiger partial charge in [-0.3, -0.25) is 14.2 Å². The summed E-state index contributed by atoms with van der Waals surface area (Å²) in [4.78, 5) is 46.9. The summed E-state index contributed by atoms with van der Waals surface area (Å²) >= 11 is 0. The van der Waals surface area contributed by atoms with Gasteiger partial charge >= 0.3 is 13.9 Å². The lowest BCUT2D eigenvalue weighted by atomic mass is 9.94. The molecule has 0 amide bonds. The molecule has 2 N–H and O–H groups in total. The zero-order valence-corrected chi connectivity index (χ0v) is 17.7. The molecule has 2 heterocycles. The number of carbonyl (C=O) groups is 1. The predicted molar refractivity (Wildman–Crippen MR) is 111 cm³/mol. The van der Waals surface area contributed by atoms with Crippen molar-refractivity contribution in [3.8, 4) is 0 Å². The number of nitrogens with zero attached hydrogens (tertiary/aromatic N) is 2. The summed E-state index contributed by atoms with van der Waals surface area (Å²) in [5.74, 6) is -1.30. The lowest BCUT2D eigenvalue weighted by Crippen LogP contribution is -2.45. The average Bonchev–Trinajstić information content (AvgIpc) is 3.04. The van der Waals surface area contributed by atoms with E-state index in [9.17, 15) is 24.1 Å². The number of ether oxygens (including phenoxy) is 1. The van der Waals surface area contributed by atoms with E-state index in [1.165, 1.54) is 24.4 Å². The zero-order chi connectivity index (χ0) is 22.5. The molecular formula is C20H23N2O8P. The van der Waals surface area contributed by atoms with Crippen molar-refractivity contribution in [3.05, 3.63) is 81.3 Å². The Morgan fingerprint density at radius 3 is 2.61 bits per heavy atom. The van der Waals surface area contributed by atoms with Gasteiger partial charge in [0.15, 0.2) is 0 Å². The molecule has 10 nitrogen and oxygen atoms in total. The highest BCUT2D eigenvalue weighted by atomic mass is 31.1. The minimum atomic E-state index is -3.19. The van der Waals surface area contributed by atoms with Crippen LogP contribution in [0.15, 0.2) is 64.5 Å². The van der Waals surface area contributed by atoms with Crippen molar-refractivity contribution in [3.63, 3.8) is 0 Å². The maximum absolute atomic E-state index is 13.1. The number of aromatic nitrogens is 2. The first-order valence-corrected chi connectivity index (χ1v) is 10.9. The predicted octanol–water partition coefficient (Wildman–Crippen LogP) is 1.29. The Labute approximate surface area is 177 Å². The van der Waals surface area contributed by atoms with Gasteiger partial charge in [0.05, 0.1) is 12.4 Å². The first-order valence-electron chi connectivity index (χ1n) is 9.69. The van der Waals surface area contributed by atoms with Crippen molar-refractivity contribution >= 4 is 14.2 Å². The van der Waals surface area contributed by atoms with Gasteiger partial charge in [0.25, 0.3) is 11.5 Å². The average molecular weight is 450 g/mol. The van der Waals surface area contributed by atoms with Gasteiger partial charge in [0.1, 0.15) is 12.3 Å². The van der Waals surface area contributed by atoms with E-state index in [1.54, 1.807) is 18.2 Å². The Hall–Kier alpha value is -2.78. The van der Waals surface area contributed by atoms with E-state index in [0.717, 1.165) is 16.9 Å². The molecule has 0 radical (unpaired) electrons. The molecule has 0 bridgehead atoms. The van der Waals surface area contributed by atoms with Crippen LogP contribution < -0.4 is 11.2 Å². The van der Waals surface area contributed by atoms with Crippen molar-refractivity contribution in [2.24, 2.45) is 5.92 Å². The quantitative estimate of drug-likeness (QED) is 0.476. The number of aliphatic hydroxyl groups excluding tert-OH is 1. The van der Waals surface area contributed by atoms with Crippen molar-refractivity contribution in [1.29, 1.82) is 0 Å². The Morgan fingerprint density at radius 2 is 1.97 bits per heavy atom. The van der Waals surface area contributed by atoms with Crippen LogP contribution in [0.5, 0.6) is 0 Å². The molecule has 1 fully saturated rings. The van der Waals surface area contributed by atoms with Crippen LogP contribution in [0, 0.1) is 5.92 Å². The Bertz CT molecular complexity index is 1090. The van der Waals surface area contributed by atoms with E-state index in [1.807, 2.05) is 6.92 Å². The van der Waals surface area contributed by atoms with Gasteiger partial charge in [-0.2, -0.15) is 4.57 Å². The van der Waals surface area contributed by atoms with Crippen molar-refractivity contribution in [1.82, 2.24) is 9.13 Å². The van der Waals surface area contributed by atoms with E-state index in [-0.39, 0.29) is 5.56 Å². The number of hydrogen-bond acceptors (Lipinski definition) is 7. The molecule has 31 heavy (non-hydrogen) atoms. The second kappa shape index (κ2) is 10.0. The normalized spacial score (nSPS) is 24.4. The van der Waals surface area contributed by atoms with E-state index in [2.05, 4.69) is 4.52 Å². The number of hydrogen-bond donors (Lipinski definition) is 2. The molecule has 0 spiro atoms. The second-order valence-corrected chi connectivity index (χ2v) is 7.76. The Balaban J connectivity index is 1.99. The maximum atomic E-state index is 13.1. The van der Waals surface area contributed by atoms with Crippen molar-refractivity contribution in [2.75, 3.05) is 0 Å². The van der Waals surface area contributed by atoms with Gasteiger partial charge < -0.3 is 19.3 Å². The standard InChI is InChI=1S/C20H23N2O8P/c1-2-6-14-17(24)15(10-12-29-31(27)28)30-19(14)21-11-9-16(23)22(20(21)26)18(25)13-7-4-3-5-8-13/h3-5,7-12,14-15,17,19,24,31H,2,6H2,1H3,(H,27,28)/b12-10+/t14-,15-,17+,19-/m1/s1. The molecule has 11 heteroatoms. The Morgan fingerprint density at radius 1 is 1.26 bits per heavy atom. The topological polar surface area (TPSA) is 137 Å². The zero-order valence-electron chi connectivity index (χ0n) is 16.7. The molecule has 0 saturated carbocycles. The maximum Gasteiger partial charge on any atom is 0.364 e. The molecule has 1 aromatic carbocycles. The summed E-state index contributed by atoms with van der Waals surface area (Å²) in [7, 11) is -3.19. The lowest BCUT2D eigenvalue weighted by molar-refractivity contribution is -0.00431. The largest absolute Gasteiger partial charge is 0.435 e. The number of rotatable bonds is 7. The highest BCUT2D eigenvalue weighted by molar-refractivity contribution is 7.32. The SMILES string of the molecule is CCC[C@@H]1[C@H](O)[C@@H](/C=C/O[PH](=O)O)O[C@H]1n1ccc(=O)n(C(=O)c2ccccc2)c1=O. The molecule has 1 unspecified atom stereocenters. The molecular weight excluding hydrogens is 427 g/mol. The van der Waals surface area contributed by atoms with Gasteiger partial charge in [-0.15, -0.1) is 0 Å². The third-order valence-corrected chi connectivity index (χ3v) is 5.34. The smallest absolute Gasteiger partial charge is 0.364 e. The van der Waals surface area contributed by atoms with Crippen LogP contribution in [-0.2, 0) is 13.8 Å². The summed E-state index contributed by atoms with van der Waals surface area (Å²) in [5.41, 5.74) is -1.49. The molecule has 0 aliphatic carbocycles. The first-order chi connectivity index (χ1) is 14.8. The van der Waals surface area contributed by atoms with E-state index < -0.39 is 49.8 Å². The molecule has 1 aliphatic rings. The van der Waals surface area contributed by atoms with E-state index in [0.29, 0.717) is 17.4 Å². The van der Waals surface area contributed by atoms with Crippen LogP contribution in [0.25, 0.3) is 0 Å². The fraction of sp³-hybridized carbons (Fsp3) is 0.350. The van der Waals surface area contributed by atoms with Crippen LogP contribution in [0.2, 0.25) is 0 Å². The number of benzene rings is 1. The van der Waals surface area contributed by atoms with Crippen LogP contribution in [0.4, 0.5) is 0 Å². The van der Waals surface area contributed by atoms with Gasteiger partial charge in [0, 0.05) is 23.7 Å². The van der Waals surface area contributed by atoms with E-state index in [4.69, 9.17) is 9.63 Å². The number of carbonyl (C=O) groups excluding carboxylic acids is 1. The van der Waals surface area contributed by atoms with Crippen LogP contribution in [-0.4, -0.2) is 37.2 Å². The fourth-order valence-corrected chi connectivity index (χ4v) is 3.78. The van der Waals surface area contributed by atoms with Gasteiger partial charge in [-0.05, 0) is 24.6 Å². The first kappa shape index (κ1) is 22.9. The van der Waals surface area contributed by atoms with Crippen molar-refractivity contribution < 1.29 is 28.6 Å². The molecule has 1 saturated heterocycles. The fourth-order valence-electron chi connectivity index (χ4n) is 3.59. The highest BCUT2D eigenvalue weighted by Crippen LogP contribution is 2.37. The van der Waals surface area contributed by atoms with Gasteiger partial charge in [-0.25, -0.2) is 9.36 Å². The van der Waals surface area contributed by atoms with Crippen LogP contribution >= 0.6 is 8.25 Å². The third-order valence-electron chi connectivity index (χ3n) is 5.01. The molecule has 2 aromatic rings. The monoisotopic (exact) mass is 450 g/mol. The molecule has 1 aromatic heterocycles. The summed E-state index contributed by atoms with van der Waals surface area (Å²) < 4.78 is 22.6. The number of aliphatic hydroxyl groups is 1. The lowest BCUT2D eigenvalue weighted by Gasteiger charge is -2.22. The van der Waals surface area contributed by atoms with E-state index >= 15 is 0 Å².